The van der Waals surface area contributed by atoms with Gasteiger partial charge in [0, 0.05) is 17.5 Å². The van der Waals surface area contributed by atoms with E-state index in [2.05, 4.69) is 20.8 Å². The van der Waals surface area contributed by atoms with Crippen molar-refractivity contribution in [3.8, 4) is 0 Å². The van der Waals surface area contributed by atoms with Gasteiger partial charge in [0.2, 0.25) is 0 Å². The smallest absolute Gasteiger partial charge is 0.0500 e. The van der Waals surface area contributed by atoms with E-state index in [0.717, 1.165) is 23.4 Å². The molecule has 0 aromatic heterocycles. The largest absolute Gasteiger partial charge is 0.396 e. The maximum absolute atomic E-state index is 9.44. The Morgan fingerprint density at radius 1 is 1.25 bits per heavy atom. The van der Waals surface area contributed by atoms with Gasteiger partial charge in [0.05, 0.1) is 0 Å². The zero-order chi connectivity index (χ0) is 12.2. The molecule has 0 aliphatic rings. The maximum Gasteiger partial charge on any atom is 0.0500 e. The second kappa shape index (κ2) is 5.70. The summed E-state index contributed by atoms with van der Waals surface area (Å²) in [6.07, 6.45) is 2.06. The molecule has 1 atom stereocenters. The lowest BCUT2D eigenvalue weighted by atomic mass is 9.84. The van der Waals surface area contributed by atoms with Crippen molar-refractivity contribution in [1.29, 1.82) is 0 Å². The minimum atomic E-state index is 0.160. The van der Waals surface area contributed by atoms with Crippen molar-refractivity contribution in [3.05, 3.63) is 34.9 Å². The molecule has 16 heavy (non-hydrogen) atoms. The van der Waals surface area contributed by atoms with Gasteiger partial charge in [0.15, 0.2) is 0 Å². The normalized spacial score (nSPS) is 13.8. The molecule has 0 spiro atoms. The Balaban J connectivity index is 2.72. The molecule has 1 rings (SSSR count). The average Bonchev–Trinajstić information content (AvgIpc) is 2.20. The number of hydrogen-bond donors (Lipinski definition) is 1. The lowest BCUT2D eigenvalue weighted by molar-refractivity contribution is 0.241. The predicted octanol–water partition coefficient (Wildman–Crippen LogP) is 4.24. The molecule has 0 amide bonds. The van der Waals surface area contributed by atoms with Crippen LogP contribution in [0.1, 0.15) is 45.1 Å². The zero-order valence-corrected chi connectivity index (χ0v) is 11.1. The van der Waals surface area contributed by atoms with Gasteiger partial charge in [-0.15, -0.1) is 0 Å². The van der Waals surface area contributed by atoms with Gasteiger partial charge in [-0.05, 0) is 29.9 Å². The first-order chi connectivity index (χ1) is 7.44. The van der Waals surface area contributed by atoms with Crippen molar-refractivity contribution in [1.82, 2.24) is 0 Å². The molecule has 1 unspecified atom stereocenters. The number of hydrogen-bond acceptors (Lipinski definition) is 1. The fraction of sp³-hybridized carbons (Fsp3) is 0.571. The number of halogens is 1. The van der Waals surface area contributed by atoms with E-state index in [1.165, 1.54) is 0 Å². The Morgan fingerprint density at radius 2 is 1.88 bits per heavy atom. The summed E-state index contributed by atoms with van der Waals surface area (Å²) in [5, 5.41) is 10.2. The molecular formula is C14H21ClO. The van der Waals surface area contributed by atoms with Crippen LogP contribution in [0, 0.1) is 5.41 Å². The van der Waals surface area contributed by atoms with E-state index in [1.807, 2.05) is 24.3 Å². The highest BCUT2D eigenvalue weighted by molar-refractivity contribution is 6.31. The third kappa shape index (κ3) is 4.15. The summed E-state index contributed by atoms with van der Waals surface area (Å²) in [4.78, 5) is 0. The summed E-state index contributed by atoms with van der Waals surface area (Å²) in [7, 11) is 0. The standard InChI is InChI=1S/C14H21ClO/c1-14(2,3)9-8-11(10-16)12-6-4-5-7-13(12)15/h4-7,11,16H,8-10H2,1-3H3. The van der Waals surface area contributed by atoms with Crippen LogP contribution >= 0.6 is 11.6 Å². The van der Waals surface area contributed by atoms with Gasteiger partial charge < -0.3 is 5.11 Å². The monoisotopic (exact) mass is 240 g/mol. The van der Waals surface area contributed by atoms with E-state index in [-0.39, 0.29) is 12.5 Å². The first-order valence-corrected chi connectivity index (χ1v) is 6.17. The number of aliphatic hydroxyl groups is 1. The third-order valence-corrected chi connectivity index (χ3v) is 3.15. The minimum Gasteiger partial charge on any atom is -0.396 e. The Labute approximate surface area is 103 Å². The van der Waals surface area contributed by atoms with Gasteiger partial charge in [0.1, 0.15) is 0 Å². The summed E-state index contributed by atoms with van der Waals surface area (Å²) in [6.45, 7) is 6.82. The quantitative estimate of drug-likeness (QED) is 0.835. The lowest BCUT2D eigenvalue weighted by Gasteiger charge is -2.22. The lowest BCUT2D eigenvalue weighted by Crippen LogP contribution is -2.11. The highest BCUT2D eigenvalue weighted by atomic mass is 35.5. The molecule has 0 saturated heterocycles. The van der Waals surface area contributed by atoms with Crippen molar-refractivity contribution in [2.75, 3.05) is 6.61 Å². The van der Waals surface area contributed by atoms with Gasteiger partial charge >= 0.3 is 0 Å². The molecule has 0 heterocycles. The van der Waals surface area contributed by atoms with Crippen LogP contribution in [0.25, 0.3) is 0 Å². The van der Waals surface area contributed by atoms with Crippen molar-refractivity contribution in [3.63, 3.8) is 0 Å². The average molecular weight is 241 g/mol. The topological polar surface area (TPSA) is 20.2 Å². The van der Waals surface area contributed by atoms with Gasteiger partial charge in [-0.1, -0.05) is 50.6 Å². The van der Waals surface area contributed by atoms with Crippen LogP contribution in [0.2, 0.25) is 5.02 Å². The van der Waals surface area contributed by atoms with Crippen molar-refractivity contribution < 1.29 is 5.11 Å². The highest BCUT2D eigenvalue weighted by Crippen LogP contribution is 2.31. The Bertz CT molecular complexity index is 328. The second-order valence-electron chi connectivity index (χ2n) is 5.50. The number of rotatable bonds is 4. The maximum atomic E-state index is 9.44. The van der Waals surface area contributed by atoms with Crippen LogP contribution in [0.15, 0.2) is 24.3 Å². The zero-order valence-electron chi connectivity index (χ0n) is 10.3. The molecule has 0 bridgehead atoms. The number of aliphatic hydroxyl groups excluding tert-OH is 1. The molecule has 1 aromatic rings. The first kappa shape index (κ1) is 13.5. The summed E-state index contributed by atoms with van der Waals surface area (Å²) in [5.74, 6) is 0.160. The molecule has 0 fully saturated rings. The van der Waals surface area contributed by atoms with Crippen LogP contribution in [-0.2, 0) is 0 Å². The molecule has 0 saturated carbocycles. The Morgan fingerprint density at radius 3 is 2.38 bits per heavy atom. The highest BCUT2D eigenvalue weighted by Gasteiger charge is 2.17. The van der Waals surface area contributed by atoms with E-state index < -0.39 is 0 Å². The molecule has 0 aliphatic heterocycles. The molecule has 1 nitrogen and oxygen atoms in total. The van der Waals surface area contributed by atoms with Crippen LogP contribution in [-0.4, -0.2) is 11.7 Å². The summed E-state index contributed by atoms with van der Waals surface area (Å²) in [6, 6.07) is 7.79. The van der Waals surface area contributed by atoms with Crippen molar-refractivity contribution in [2.45, 2.75) is 39.5 Å². The predicted molar refractivity (Wildman–Crippen MR) is 70.0 cm³/mol. The molecule has 2 heteroatoms. The van der Waals surface area contributed by atoms with Gasteiger partial charge in [0.25, 0.3) is 0 Å². The molecule has 90 valence electrons. The molecule has 0 aliphatic carbocycles. The van der Waals surface area contributed by atoms with Crippen LogP contribution in [0.5, 0.6) is 0 Å². The fourth-order valence-corrected chi connectivity index (χ4v) is 2.05. The van der Waals surface area contributed by atoms with Crippen LogP contribution < -0.4 is 0 Å². The van der Waals surface area contributed by atoms with Gasteiger partial charge in [-0.2, -0.15) is 0 Å². The van der Waals surface area contributed by atoms with E-state index in [0.29, 0.717) is 5.41 Å². The van der Waals surface area contributed by atoms with Crippen LogP contribution in [0.4, 0.5) is 0 Å². The Kier molecular flexibility index (Phi) is 4.82. The first-order valence-electron chi connectivity index (χ1n) is 5.79. The molecular weight excluding hydrogens is 220 g/mol. The third-order valence-electron chi connectivity index (χ3n) is 2.81. The molecule has 1 aromatic carbocycles. The summed E-state index contributed by atoms with van der Waals surface area (Å²) >= 11 is 6.14. The minimum absolute atomic E-state index is 0.160. The van der Waals surface area contributed by atoms with E-state index in [4.69, 9.17) is 11.6 Å². The van der Waals surface area contributed by atoms with E-state index in [9.17, 15) is 5.11 Å². The molecule has 1 N–H and O–H groups in total. The molecule has 0 radical (unpaired) electrons. The Hall–Kier alpha value is -0.530. The summed E-state index contributed by atoms with van der Waals surface area (Å²) in [5.41, 5.74) is 1.37. The van der Waals surface area contributed by atoms with Gasteiger partial charge in [-0.25, -0.2) is 0 Å². The van der Waals surface area contributed by atoms with E-state index in [1.54, 1.807) is 0 Å². The van der Waals surface area contributed by atoms with Crippen LogP contribution in [0.3, 0.4) is 0 Å². The second-order valence-corrected chi connectivity index (χ2v) is 5.91. The van der Waals surface area contributed by atoms with E-state index >= 15 is 0 Å². The fourth-order valence-electron chi connectivity index (χ4n) is 1.76. The SMILES string of the molecule is CC(C)(C)CCC(CO)c1ccccc1Cl. The van der Waals surface area contributed by atoms with Crippen molar-refractivity contribution >= 4 is 11.6 Å². The van der Waals surface area contributed by atoms with Crippen molar-refractivity contribution in [2.24, 2.45) is 5.41 Å². The summed E-state index contributed by atoms with van der Waals surface area (Å²) < 4.78 is 0. The van der Waals surface area contributed by atoms with Gasteiger partial charge in [-0.3, -0.25) is 0 Å². The number of benzene rings is 1.